The number of hydrogen-bond donors (Lipinski definition) is 3. The third-order valence-corrected chi connectivity index (χ3v) is 1.30. The molecule has 1 aromatic heterocycles. The molecule has 0 atom stereocenters. The SMILES string of the molecule is CC.O=C(O)C=Nc1cc(/C=C/C(=O)O)[nH]n1. The second-order valence-corrected chi connectivity index (χ2v) is 2.45. The minimum absolute atomic E-state index is 0.169. The first-order chi connectivity index (χ1) is 8.08. The lowest BCUT2D eigenvalue weighted by Crippen LogP contribution is -1.93. The van der Waals surface area contributed by atoms with Gasteiger partial charge < -0.3 is 10.2 Å². The third kappa shape index (κ3) is 6.61. The summed E-state index contributed by atoms with van der Waals surface area (Å²) in [6.07, 6.45) is 2.91. The predicted octanol–water partition coefficient (Wildman–Crippen LogP) is 1.32. The summed E-state index contributed by atoms with van der Waals surface area (Å²) < 4.78 is 0. The normalized spacial score (nSPS) is 10.2. The number of H-pyrrole nitrogens is 1. The fourth-order valence-corrected chi connectivity index (χ4v) is 0.759. The Bertz CT molecular complexity index is 396. The Balaban J connectivity index is 0.00000121. The van der Waals surface area contributed by atoms with Crippen molar-refractivity contribution >= 4 is 30.0 Å². The van der Waals surface area contributed by atoms with Crippen molar-refractivity contribution in [2.75, 3.05) is 0 Å². The summed E-state index contributed by atoms with van der Waals surface area (Å²) in [6, 6.07) is 1.42. The van der Waals surface area contributed by atoms with E-state index >= 15 is 0 Å². The molecule has 0 spiro atoms. The molecule has 1 rings (SSSR count). The van der Waals surface area contributed by atoms with Crippen LogP contribution in [0.2, 0.25) is 0 Å². The third-order valence-electron chi connectivity index (χ3n) is 1.30. The highest BCUT2D eigenvalue weighted by Gasteiger charge is 1.97. The van der Waals surface area contributed by atoms with Crippen LogP contribution in [0.15, 0.2) is 17.1 Å². The molecule has 7 nitrogen and oxygen atoms in total. The van der Waals surface area contributed by atoms with Crippen molar-refractivity contribution in [2.45, 2.75) is 13.8 Å². The van der Waals surface area contributed by atoms with E-state index in [1.54, 1.807) is 0 Å². The summed E-state index contributed by atoms with van der Waals surface area (Å²) in [5.74, 6) is -2.09. The largest absolute Gasteiger partial charge is 0.478 e. The number of carboxylic acids is 2. The van der Waals surface area contributed by atoms with Crippen molar-refractivity contribution in [3.05, 3.63) is 17.8 Å². The maximum absolute atomic E-state index is 10.2. The number of hydrogen-bond acceptors (Lipinski definition) is 4. The van der Waals surface area contributed by atoms with E-state index in [0.29, 0.717) is 11.9 Å². The molecule has 0 fully saturated rings. The lowest BCUT2D eigenvalue weighted by molar-refractivity contribution is -0.131. The number of aromatic nitrogens is 2. The fourth-order valence-electron chi connectivity index (χ4n) is 0.759. The average Bonchev–Trinajstić information content (AvgIpc) is 2.74. The smallest absolute Gasteiger partial charge is 0.347 e. The van der Waals surface area contributed by atoms with Crippen LogP contribution < -0.4 is 0 Å². The molecule has 92 valence electrons. The predicted molar refractivity (Wildman–Crippen MR) is 62.4 cm³/mol. The Morgan fingerprint density at radius 3 is 2.53 bits per heavy atom. The van der Waals surface area contributed by atoms with Crippen LogP contribution in [-0.4, -0.2) is 38.6 Å². The molecule has 1 heterocycles. The van der Waals surface area contributed by atoms with Crippen molar-refractivity contribution in [2.24, 2.45) is 4.99 Å². The Hall–Kier alpha value is -2.44. The molecule has 0 aliphatic carbocycles. The number of nitrogens with one attached hydrogen (secondary N) is 1. The maximum atomic E-state index is 10.2. The molecule has 0 aliphatic rings. The van der Waals surface area contributed by atoms with Crippen LogP contribution in [0.3, 0.4) is 0 Å². The van der Waals surface area contributed by atoms with Gasteiger partial charge in [0, 0.05) is 12.1 Å². The van der Waals surface area contributed by atoms with Crippen molar-refractivity contribution in [3.63, 3.8) is 0 Å². The molecule has 1 aromatic rings. The minimum Gasteiger partial charge on any atom is -0.478 e. The van der Waals surface area contributed by atoms with Gasteiger partial charge in [0.15, 0.2) is 5.82 Å². The average molecular weight is 239 g/mol. The number of carbonyl (C=O) groups is 2. The molecule has 0 aliphatic heterocycles. The number of aromatic amines is 1. The standard InChI is InChI=1S/C8H7N3O4.C2H6/c12-7(13)2-1-5-3-6(11-10-5)9-4-8(14)15;1-2/h1-4H,(H,10,11)(H,12,13)(H,14,15);1-2H3/b2-1+,9-4?;. The van der Waals surface area contributed by atoms with Crippen LogP contribution in [-0.2, 0) is 9.59 Å². The molecule has 0 radical (unpaired) electrons. The Morgan fingerprint density at radius 2 is 2.00 bits per heavy atom. The van der Waals surface area contributed by atoms with E-state index in [-0.39, 0.29) is 5.82 Å². The number of aliphatic carboxylic acids is 2. The second-order valence-electron chi connectivity index (χ2n) is 2.45. The summed E-state index contributed by atoms with van der Waals surface area (Å²) in [4.78, 5) is 23.8. The molecule has 0 unspecified atom stereocenters. The van der Waals surface area contributed by atoms with E-state index in [4.69, 9.17) is 10.2 Å². The highest BCUT2D eigenvalue weighted by molar-refractivity contribution is 6.22. The Kier molecular flexibility index (Phi) is 6.68. The first-order valence-electron chi connectivity index (χ1n) is 4.81. The lowest BCUT2D eigenvalue weighted by atomic mass is 10.4. The number of carboxylic acid groups (broad SMARTS) is 2. The Labute approximate surface area is 97.5 Å². The molecular formula is C10H13N3O4. The highest BCUT2D eigenvalue weighted by atomic mass is 16.4. The zero-order valence-electron chi connectivity index (χ0n) is 9.41. The van der Waals surface area contributed by atoms with E-state index < -0.39 is 11.9 Å². The van der Waals surface area contributed by atoms with Gasteiger partial charge in [0.1, 0.15) is 6.21 Å². The van der Waals surface area contributed by atoms with Gasteiger partial charge in [-0.2, -0.15) is 5.10 Å². The van der Waals surface area contributed by atoms with E-state index in [9.17, 15) is 9.59 Å². The molecule has 0 saturated heterocycles. The topological polar surface area (TPSA) is 116 Å². The van der Waals surface area contributed by atoms with Crippen LogP contribution in [0, 0.1) is 0 Å². The summed E-state index contributed by atoms with van der Waals surface area (Å²) in [7, 11) is 0. The first kappa shape index (κ1) is 14.6. The first-order valence-corrected chi connectivity index (χ1v) is 4.81. The van der Waals surface area contributed by atoms with Crippen molar-refractivity contribution in [1.29, 1.82) is 0 Å². The van der Waals surface area contributed by atoms with E-state index in [0.717, 1.165) is 6.08 Å². The van der Waals surface area contributed by atoms with Crippen LogP contribution in [0.25, 0.3) is 6.08 Å². The van der Waals surface area contributed by atoms with Gasteiger partial charge in [-0.25, -0.2) is 14.6 Å². The maximum Gasteiger partial charge on any atom is 0.347 e. The van der Waals surface area contributed by atoms with Crippen LogP contribution in [0.4, 0.5) is 5.82 Å². The van der Waals surface area contributed by atoms with Gasteiger partial charge in [-0.3, -0.25) is 5.10 Å². The second kappa shape index (κ2) is 7.80. The van der Waals surface area contributed by atoms with Crippen molar-refractivity contribution < 1.29 is 19.8 Å². The number of nitrogens with zero attached hydrogens (tertiary/aromatic N) is 2. The summed E-state index contributed by atoms with van der Waals surface area (Å²) in [5, 5.41) is 22.7. The summed E-state index contributed by atoms with van der Waals surface area (Å²) >= 11 is 0. The molecule has 0 aromatic carbocycles. The molecule has 0 saturated carbocycles. The van der Waals surface area contributed by atoms with Gasteiger partial charge in [0.25, 0.3) is 0 Å². The highest BCUT2D eigenvalue weighted by Crippen LogP contribution is 2.09. The van der Waals surface area contributed by atoms with Crippen LogP contribution >= 0.6 is 0 Å². The van der Waals surface area contributed by atoms with Gasteiger partial charge >= 0.3 is 11.9 Å². The van der Waals surface area contributed by atoms with E-state index in [1.165, 1.54) is 12.1 Å². The van der Waals surface area contributed by atoms with Crippen LogP contribution in [0.5, 0.6) is 0 Å². The van der Waals surface area contributed by atoms with Gasteiger partial charge in [0.2, 0.25) is 0 Å². The van der Waals surface area contributed by atoms with Crippen LogP contribution in [0.1, 0.15) is 19.5 Å². The van der Waals surface area contributed by atoms with E-state index in [1.807, 2.05) is 13.8 Å². The lowest BCUT2D eigenvalue weighted by Gasteiger charge is -1.80. The fraction of sp³-hybridized carbons (Fsp3) is 0.200. The zero-order valence-corrected chi connectivity index (χ0v) is 9.41. The number of aliphatic imine (C=N–C) groups is 1. The van der Waals surface area contributed by atoms with Gasteiger partial charge in [0.05, 0.1) is 5.69 Å². The Morgan fingerprint density at radius 1 is 1.35 bits per heavy atom. The van der Waals surface area contributed by atoms with Gasteiger partial charge in [-0.05, 0) is 6.08 Å². The summed E-state index contributed by atoms with van der Waals surface area (Å²) in [6.45, 7) is 4.00. The molecular weight excluding hydrogens is 226 g/mol. The summed E-state index contributed by atoms with van der Waals surface area (Å²) in [5.41, 5.74) is 0.426. The molecule has 0 bridgehead atoms. The van der Waals surface area contributed by atoms with E-state index in [2.05, 4.69) is 15.2 Å². The molecule has 7 heteroatoms. The molecule has 17 heavy (non-hydrogen) atoms. The number of rotatable bonds is 4. The molecule has 0 amide bonds. The minimum atomic E-state index is -1.18. The van der Waals surface area contributed by atoms with Crippen molar-refractivity contribution in [1.82, 2.24) is 10.2 Å². The van der Waals surface area contributed by atoms with Crippen molar-refractivity contribution in [3.8, 4) is 0 Å². The quantitative estimate of drug-likeness (QED) is 0.541. The molecule has 3 N–H and O–H groups in total. The zero-order chi connectivity index (χ0) is 13.3. The van der Waals surface area contributed by atoms with Gasteiger partial charge in [-0.1, -0.05) is 13.8 Å². The monoisotopic (exact) mass is 239 g/mol. The van der Waals surface area contributed by atoms with Gasteiger partial charge in [-0.15, -0.1) is 0 Å².